The number of benzene rings is 3. The van der Waals surface area contributed by atoms with Crippen molar-refractivity contribution in [1.29, 1.82) is 0 Å². The largest absolute Gasteiger partial charge is 0.480 e. The maximum Gasteiger partial charge on any atom is 0.265 e. The van der Waals surface area contributed by atoms with E-state index in [0.29, 0.717) is 28.6 Å². The Morgan fingerprint density at radius 2 is 1.59 bits per heavy atom. The van der Waals surface area contributed by atoms with Crippen molar-refractivity contribution >= 4 is 38.9 Å². The average Bonchev–Trinajstić information content (AvgIpc) is 2.76. The van der Waals surface area contributed by atoms with Crippen LogP contribution in [0.2, 0.25) is 5.02 Å². The number of carbonyl (C=O) groups is 1. The number of ether oxygens (including phenoxy) is 1. The summed E-state index contributed by atoms with van der Waals surface area (Å²) in [4.78, 5) is 12.8. The smallest absolute Gasteiger partial charge is 0.265 e. The van der Waals surface area contributed by atoms with Gasteiger partial charge in [0.15, 0.2) is 6.10 Å². The fraction of sp³-hybridized carbons (Fsp3) is 0.208. The normalized spacial score (nSPS) is 12.1. The van der Waals surface area contributed by atoms with Gasteiger partial charge in [0.1, 0.15) is 5.75 Å². The molecule has 168 valence electrons. The van der Waals surface area contributed by atoms with Crippen molar-refractivity contribution in [2.45, 2.75) is 38.2 Å². The molecule has 0 unspecified atom stereocenters. The van der Waals surface area contributed by atoms with E-state index in [-0.39, 0.29) is 10.8 Å². The molecule has 0 saturated heterocycles. The second-order valence-electron chi connectivity index (χ2n) is 7.41. The van der Waals surface area contributed by atoms with E-state index in [4.69, 9.17) is 16.3 Å². The SMILES string of the molecule is CC[C@H](Oc1cc(C)ccc1C)C(=O)Nc1ccc(S(=O)(=O)Nc2ccc(Cl)cc2)cc1. The number of rotatable bonds is 8. The van der Waals surface area contributed by atoms with Crippen LogP contribution in [-0.4, -0.2) is 20.4 Å². The van der Waals surface area contributed by atoms with Crippen LogP contribution in [0.5, 0.6) is 5.75 Å². The Hall–Kier alpha value is -3.03. The van der Waals surface area contributed by atoms with Gasteiger partial charge in [0.2, 0.25) is 0 Å². The summed E-state index contributed by atoms with van der Waals surface area (Å²) in [6.45, 7) is 5.76. The lowest BCUT2D eigenvalue weighted by atomic mass is 10.1. The second-order valence-corrected chi connectivity index (χ2v) is 9.53. The molecule has 0 heterocycles. The van der Waals surface area contributed by atoms with Crippen LogP contribution in [0.25, 0.3) is 0 Å². The van der Waals surface area contributed by atoms with Gasteiger partial charge >= 0.3 is 0 Å². The van der Waals surface area contributed by atoms with Crippen molar-refractivity contribution in [3.8, 4) is 5.75 Å². The highest BCUT2D eigenvalue weighted by Gasteiger charge is 2.20. The number of sulfonamides is 1. The minimum Gasteiger partial charge on any atom is -0.480 e. The Kier molecular flexibility index (Phi) is 7.43. The van der Waals surface area contributed by atoms with Crippen LogP contribution in [0.15, 0.2) is 71.6 Å². The third-order valence-electron chi connectivity index (χ3n) is 4.80. The van der Waals surface area contributed by atoms with E-state index >= 15 is 0 Å². The molecule has 0 bridgehead atoms. The van der Waals surface area contributed by atoms with Gasteiger partial charge in [-0.3, -0.25) is 9.52 Å². The van der Waals surface area contributed by atoms with E-state index in [1.54, 1.807) is 36.4 Å². The van der Waals surface area contributed by atoms with Crippen LogP contribution >= 0.6 is 11.6 Å². The highest BCUT2D eigenvalue weighted by Crippen LogP contribution is 2.23. The summed E-state index contributed by atoms with van der Waals surface area (Å²) in [5.74, 6) is 0.366. The molecule has 0 aliphatic rings. The predicted molar refractivity (Wildman–Crippen MR) is 128 cm³/mol. The van der Waals surface area contributed by atoms with Crippen LogP contribution in [0.3, 0.4) is 0 Å². The summed E-state index contributed by atoms with van der Waals surface area (Å²) in [6, 6.07) is 18.1. The monoisotopic (exact) mass is 472 g/mol. The predicted octanol–water partition coefficient (Wildman–Crippen LogP) is 5.55. The first kappa shape index (κ1) is 23.6. The van der Waals surface area contributed by atoms with Crippen molar-refractivity contribution < 1.29 is 17.9 Å². The first-order chi connectivity index (χ1) is 15.2. The topological polar surface area (TPSA) is 84.5 Å². The molecule has 0 saturated carbocycles. The first-order valence-corrected chi connectivity index (χ1v) is 12.0. The summed E-state index contributed by atoms with van der Waals surface area (Å²) >= 11 is 5.83. The molecule has 0 aliphatic carbocycles. The van der Waals surface area contributed by atoms with Gasteiger partial charge < -0.3 is 10.1 Å². The van der Waals surface area contributed by atoms with Crippen LogP contribution in [0.4, 0.5) is 11.4 Å². The zero-order chi connectivity index (χ0) is 23.3. The van der Waals surface area contributed by atoms with Gasteiger partial charge in [-0.25, -0.2) is 8.42 Å². The molecule has 1 atom stereocenters. The molecule has 8 heteroatoms. The average molecular weight is 473 g/mol. The lowest BCUT2D eigenvalue weighted by Gasteiger charge is -2.19. The van der Waals surface area contributed by atoms with Crippen molar-refractivity contribution in [1.82, 2.24) is 0 Å². The summed E-state index contributed by atoms with van der Waals surface area (Å²) in [7, 11) is -3.77. The van der Waals surface area contributed by atoms with Gasteiger partial charge in [0.25, 0.3) is 15.9 Å². The number of hydrogen-bond acceptors (Lipinski definition) is 4. The molecule has 1 amide bonds. The second kappa shape index (κ2) is 10.1. The van der Waals surface area contributed by atoms with Gasteiger partial charge in [0.05, 0.1) is 4.90 Å². The lowest BCUT2D eigenvalue weighted by Crippen LogP contribution is -2.32. The Balaban J connectivity index is 1.67. The zero-order valence-electron chi connectivity index (χ0n) is 18.1. The highest BCUT2D eigenvalue weighted by molar-refractivity contribution is 7.92. The summed E-state index contributed by atoms with van der Waals surface area (Å²) in [5.41, 5.74) is 2.87. The van der Waals surface area contributed by atoms with Gasteiger partial charge in [0, 0.05) is 16.4 Å². The van der Waals surface area contributed by atoms with Crippen molar-refractivity contribution in [2.24, 2.45) is 0 Å². The first-order valence-electron chi connectivity index (χ1n) is 10.1. The van der Waals surface area contributed by atoms with E-state index in [9.17, 15) is 13.2 Å². The third-order valence-corrected chi connectivity index (χ3v) is 6.45. The van der Waals surface area contributed by atoms with E-state index < -0.39 is 16.1 Å². The summed E-state index contributed by atoms with van der Waals surface area (Å²) < 4.78 is 33.6. The maximum atomic E-state index is 12.7. The standard InChI is InChI=1S/C24H25ClN2O4S/c1-4-22(31-23-15-16(2)5-6-17(23)3)24(28)26-19-11-13-21(14-12-19)32(29,30)27-20-9-7-18(25)8-10-20/h5-15,22,27H,4H2,1-3H3,(H,26,28)/t22-/m0/s1. The Morgan fingerprint density at radius 1 is 0.969 bits per heavy atom. The molecule has 2 N–H and O–H groups in total. The molecule has 3 aromatic rings. The summed E-state index contributed by atoms with van der Waals surface area (Å²) in [5, 5.41) is 3.30. The maximum absolute atomic E-state index is 12.7. The molecule has 0 aliphatic heterocycles. The fourth-order valence-electron chi connectivity index (χ4n) is 2.98. The minimum absolute atomic E-state index is 0.0733. The molecule has 0 aromatic heterocycles. The Morgan fingerprint density at radius 3 is 2.22 bits per heavy atom. The van der Waals surface area contributed by atoms with Gasteiger partial charge in [-0.2, -0.15) is 0 Å². The molecule has 0 radical (unpaired) electrons. The number of halogens is 1. The van der Waals surface area contributed by atoms with E-state index in [1.807, 2.05) is 39.0 Å². The van der Waals surface area contributed by atoms with Crippen LogP contribution < -0.4 is 14.8 Å². The molecule has 0 spiro atoms. The highest BCUT2D eigenvalue weighted by atomic mass is 35.5. The fourth-order valence-corrected chi connectivity index (χ4v) is 4.17. The molecular formula is C24H25ClN2O4S. The number of aryl methyl sites for hydroxylation is 2. The minimum atomic E-state index is -3.77. The van der Waals surface area contributed by atoms with Crippen LogP contribution in [-0.2, 0) is 14.8 Å². The zero-order valence-corrected chi connectivity index (χ0v) is 19.6. The van der Waals surface area contributed by atoms with E-state index in [2.05, 4.69) is 10.0 Å². The molecule has 0 fully saturated rings. The van der Waals surface area contributed by atoms with Crippen LogP contribution in [0.1, 0.15) is 24.5 Å². The summed E-state index contributed by atoms with van der Waals surface area (Å²) in [6.07, 6.45) is -0.193. The number of carbonyl (C=O) groups excluding carboxylic acids is 1. The molecular weight excluding hydrogens is 448 g/mol. The number of anilines is 2. The molecule has 6 nitrogen and oxygen atoms in total. The van der Waals surface area contributed by atoms with Crippen LogP contribution in [0, 0.1) is 13.8 Å². The quantitative estimate of drug-likeness (QED) is 0.450. The van der Waals surface area contributed by atoms with Gasteiger partial charge in [-0.05, 0) is 86.0 Å². The molecule has 32 heavy (non-hydrogen) atoms. The third kappa shape index (κ3) is 6.02. The van der Waals surface area contributed by atoms with E-state index in [1.165, 1.54) is 12.1 Å². The van der Waals surface area contributed by atoms with Gasteiger partial charge in [-0.15, -0.1) is 0 Å². The number of nitrogens with one attached hydrogen (secondary N) is 2. The van der Waals surface area contributed by atoms with Crippen molar-refractivity contribution in [3.63, 3.8) is 0 Å². The molecule has 3 aromatic carbocycles. The molecule has 3 rings (SSSR count). The van der Waals surface area contributed by atoms with Crippen molar-refractivity contribution in [2.75, 3.05) is 10.0 Å². The Labute approximate surface area is 193 Å². The lowest BCUT2D eigenvalue weighted by molar-refractivity contribution is -0.122. The number of amides is 1. The van der Waals surface area contributed by atoms with Crippen molar-refractivity contribution in [3.05, 3.63) is 82.9 Å². The van der Waals surface area contributed by atoms with E-state index in [0.717, 1.165) is 11.1 Å². The number of hydrogen-bond donors (Lipinski definition) is 2. The Bertz CT molecular complexity index is 1190. The van der Waals surface area contributed by atoms with Gasteiger partial charge in [-0.1, -0.05) is 30.7 Å².